The minimum absolute atomic E-state index is 0.139. The van der Waals surface area contributed by atoms with Gasteiger partial charge < -0.3 is 15.4 Å². The lowest BCUT2D eigenvalue weighted by Crippen LogP contribution is -2.51. The molecule has 19 heavy (non-hydrogen) atoms. The van der Waals surface area contributed by atoms with Gasteiger partial charge in [-0.3, -0.25) is 9.69 Å². The van der Waals surface area contributed by atoms with Crippen LogP contribution in [0.5, 0.6) is 0 Å². The van der Waals surface area contributed by atoms with E-state index in [1.807, 2.05) is 18.7 Å². The number of hydrogen-bond donors (Lipinski definition) is 1. The third-order valence-corrected chi connectivity index (χ3v) is 4.26. The van der Waals surface area contributed by atoms with E-state index in [9.17, 15) is 4.79 Å². The molecule has 2 fully saturated rings. The van der Waals surface area contributed by atoms with Crippen LogP contribution in [0, 0.1) is 5.41 Å². The lowest BCUT2D eigenvalue weighted by molar-refractivity contribution is -0.144. The Morgan fingerprint density at radius 2 is 2.00 bits per heavy atom. The summed E-state index contributed by atoms with van der Waals surface area (Å²) in [6, 6.07) is 0. The molecule has 5 heteroatoms. The maximum Gasteiger partial charge on any atom is 0.236 e. The second-order valence-electron chi connectivity index (χ2n) is 6.53. The number of rotatable bonds is 3. The van der Waals surface area contributed by atoms with E-state index >= 15 is 0 Å². The van der Waals surface area contributed by atoms with Gasteiger partial charge in [0, 0.05) is 19.6 Å². The number of ether oxygens (including phenoxy) is 1. The van der Waals surface area contributed by atoms with Gasteiger partial charge in [0.2, 0.25) is 5.91 Å². The Bertz CT molecular complexity index is 327. The van der Waals surface area contributed by atoms with Crippen molar-refractivity contribution in [2.75, 3.05) is 39.3 Å². The number of likely N-dealkylation sites (tertiary alicyclic amines) is 1. The van der Waals surface area contributed by atoms with Gasteiger partial charge in [0.25, 0.3) is 0 Å². The molecule has 110 valence electrons. The van der Waals surface area contributed by atoms with Crippen molar-refractivity contribution in [3.05, 3.63) is 0 Å². The summed E-state index contributed by atoms with van der Waals surface area (Å²) < 4.78 is 5.66. The molecule has 0 aliphatic carbocycles. The van der Waals surface area contributed by atoms with Crippen molar-refractivity contribution in [2.24, 2.45) is 11.1 Å². The molecule has 2 N–H and O–H groups in total. The summed E-state index contributed by atoms with van der Waals surface area (Å²) >= 11 is 0. The first kappa shape index (κ1) is 14.8. The molecule has 1 amide bonds. The first-order valence-corrected chi connectivity index (χ1v) is 7.27. The van der Waals surface area contributed by atoms with E-state index in [1.165, 1.54) is 0 Å². The van der Waals surface area contributed by atoms with E-state index in [0.29, 0.717) is 26.2 Å². The Kier molecular flexibility index (Phi) is 4.48. The predicted molar refractivity (Wildman–Crippen MR) is 74.8 cm³/mol. The van der Waals surface area contributed by atoms with Crippen molar-refractivity contribution in [1.82, 2.24) is 9.80 Å². The highest BCUT2D eigenvalue weighted by Gasteiger charge is 2.34. The van der Waals surface area contributed by atoms with Crippen LogP contribution in [-0.4, -0.2) is 67.2 Å². The minimum Gasteiger partial charge on any atom is -0.372 e. The van der Waals surface area contributed by atoms with Gasteiger partial charge in [-0.2, -0.15) is 0 Å². The van der Waals surface area contributed by atoms with Crippen LogP contribution in [0.25, 0.3) is 0 Å². The maximum absolute atomic E-state index is 12.3. The Morgan fingerprint density at radius 1 is 1.37 bits per heavy atom. The summed E-state index contributed by atoms with van der Waals surface area (Å²) in [7, 11) is 0. The lowest BCUT2D eigenvalue weighted by Gasteiger charge is -2.36. The quantitative estimate of drug-likeness (QED) is 0.800. The SMILES string of the molecule is CC1CN(C(=O)CN2CCC(C)(CN)C2)CC(C)O1. The predicted octanol–water partition coefficient (Wildman–Crippen LogP) is 0.293. The fraction of sp³-hybridized carbons (Fsp3) is 0.929. The highest BCUT2D eigenvalue weighted by molar-refractivity contribution is 5.78. The minimum atomic E-state index is 0.139. The number of carbonyl (C=O) groups is 1. The van der Waals surface area contributed by atoms with Gasteiger partial charge >= 0.3 is 0 Å². The van der Waals surface area contributed by atoms with Crippen LogP contribution < -0.4 is 5.73 Å². The number of morpholine rings is 1. The van der Waals surface area contributed by atoms with Crippen molar-refractivity contribution in [1.29, 1.82) is 0 Å². The van der Waals surface area contributed by atoms with Gasteiger partial charge in [0.1, 0.15) is 0 Å². The van der Waals surface area contributed by atoms with E-state index in [2.05, 4.69) is 11.8 Å². The van der Waals surface area contributed by atoms with Crippen LogP contribution in [0.3, 0.4) is 0 Å². The number of nitrogens with two attached hydrogens (primary N) is 1. The van der Waals surface area contributed by atoms with E-state index in [4.69, 9.17) is 10.5 Å². The lowest BCUT2D eigenvalue weighted by atomic mass is 9.90. The summed E-state index contributed by atoms with van der Waals surface area (Å²) in [5.74, 6) is 0.225. The van der Waals surface area contributed by atoms with Crippen LogP contribution >= 0.6 is 0 Å². The zero-order chi connectivity index (χ0) is 14.0. The number of nitrogens with zero attached hydrogens (tertiary/aromatic N) is 2. The molecule has 2 saturated heterocycles. The summed E-state index contributed by atoms with van der Waals surface area (Å²) in [5.41, 5.74) is 5.99. The van der Waals surface area contributed by atoms with Gasteiger partial charge in [0.15, 0.2) is 0 Å². The smallest absolute Gasteiger partial charge is 0.236 e. The van der Waals surface area contributed by atoms with Gasteiger partial charge in [0.05, 0.1) is 18.8 Å². The Labute approximate surface area is 116 Å². The molecule has 0 saturated carbocycles. The molecule has 2 rings (SSSR count). The van der Waals surface area contributed by atoms with E-state index in [0.717, 1.165) is 19.5 Å². The normalized spacial score (nSPS) is 36.7. The van der Waals surface area contributed by atoms with Crippen molar-refractivity contribution in [3.8, 4) is 0 Å². The van der Waals surface area contributed by atoms with E-state index < -0.39 is 0 Å². The largest absolute Gasteiger partial charge is 0.372 e. The average Bonchev–Trinajstić information content (AvgIpc) is 2.70. The van der Waals surface area contributed by atoms with Crippen LogP contribution in [0.15, 0.2) is 0 Å². The molecule has 0 aromatic rings. The number of hydrogen-bond acceptors (Lipinski definition) is 4. The summed E-state index contributed by atoms with van der Waals surface area (Å²) in [6.07, 6.45) is 1.37. The van der Waals surface area contributed by atoms with E-state index in [-0.39, 0.29) is 23.5 Å². The molecule has 2 heterocycles. The molecular formula is C14H27N3O2. The van der Waals surface area contributed by atoms with Gasteiger partial charge in [-0.1, -0.05) is 6.92 Å². The highest BCUT2D eigenvalue weighted by Crippen LogP contribution is 2.28. The second kappa shape index (κ2) is 5.77. The first-order valence-electron chi connectivity index (χ1n) is 7.27. The zero-order valence-electron chi connectivity index (χ0n) is 12.4. The van der Waals surface area contributed by atoms with Crippen LogP contribution in [0.1, 0.15) is 27.2 Å². The third kappa shape index (κ3) is 3.68. The molecule has 5 nitrogen and oxygen atoms in total. The van der Waals surface area contributed by atoms with Gasteiger partial charge in [-0.25, -0.2) is 0 Å². The summed E-state index contributed by atoms with van der Waals surface area (Å²) in [5, 5.41) is 0. The van der Waals surface area contributed by atoms with Crippen LogP contribution in [0.2, 0.25) is 0 Å². The molecule has 0 spiro atoms. The Balaban J connectivity index is 1.84. The van der Waals surface area contributed by atoms with Crippen molar-refractivity contribution in [3.63, 3.8) is 0 Å². The molecule has 0 bridgehead atoms. The van der Waals surface area contributed by atoms with Crippen LogP contribution in [-0.2, 0) is 9.53 Å². The van der Waals surface area contributed by atoms with E-state index in [1.54, 1.807) is 0 Å². The molecule has 2 aliphatic heterocycles. The fourth-order valence-corrected chi connectivity index (χ4v) is 3.10. The van der Waals surface area contributed by atoms with Gasteiger partial charge in [-0.05, 0) is 38.8 Å². The summed E-state index contributed by atoms with van der Waals surface area (Å²) in [4.78, 5) is 16.5. The van der Waals surface area contributed by atoms with Crippen molar-refractivity contribution < 1.29 is 9.53 Å². The first-order chi connectivity index (χ1) is 8.92. The maximum atomic E-state index is 12.3. The standard InChI is InChI=1S/C14H27N3O2/c1-11-6-17(7-12(2)19-11)13(18)8-16-5-4-14(3,9-15)10-16/h11-12H,4-10,15H2,1-3H3. The molecule has 0 radical (unpaired) electrons. The Hall–Kier alpha value is -0.650. The molecule has 0 aromatic heterocycles. The molecule has 0 aromatic carbocycles. The molecular weight excluding hydrogens is 242 g/mol. The topological polar surface area (TPSA) is 58.8 Å². The van der Waals surface area contributed by atoms with Crippen LogP contribution in [0.4, 0.5) is 0 Å². The average molecular weight is 269 g/mol. The van der Waals surface area contributed by atoms with Crippen molar-refractivity contribution >= 4 is 5.91 Å². The zero-order valence-corrected chi connectivity index (χ0v) is 12.4. The molecule has 3 unspecified atom stereocenters. The number of carbonyl (C=O) groups excluding carboxylic acids is 1. The third-order valence-electron chi connectivity index (χ3n) is 4.26. The van der Waals surface area contributed by atoms with Gasteiger partial charge in [-0.15, -0.1) is 0 Å². The number of amides is 1. The fourth-order valence-electron chi connectivity index (χ4n) is 3.10. The molecule has 3 atom stereocenters. The molecule has 2 aliphatic rings. The second-order valence-corrected chi connectivity index (χ2v) is 6.53. The Morgan fingerprint density at radius 3 is 2.53 bits per heavy atom. The highest BCUT2D eigenvalue weighted by atomic mass is 16.5. The summed E-state index contributed by atoms with van der Waals surface area (Å²) in [6.45, 7) is 10.8. The van der Waals surface area contributed by atoms with Crippen molar-refractivity contribution in [2.45, 2.75) is 39.4 Å². The monoisotopic (exact) mass is 269 g/mol.